The van der Waals surface area contributed by atoms with E-state index in [0.29, 0.717) is 32.3 Å². The maximum absolute atomic E-state index is 14.2. The Labute approximate surface area is 277 Å². The molecule has 11 nitrogen and oxygen atoms in total. The predicted octanol–water partition coefficient (Wildman–Crippen LogP) is 7.02. The molecule has 0 atom stereocenters. The van der Waals surface area contributed by atoms with Crippen LogP contribution in [0.4, 0.5) is 31.1 Å². The number of rotatable bonds is 25. The number of amides is 1. The van der Waals surface area contributed by atoms with Gasteiger partial charge in [-0.3, -0.25) is 0 Å². The second-order valence-corrected chi connectivity index (χ2v) is 24.2. The molecule has 0 fully saturated rings. The van der Waals surface area contributed by atoms with E-state index in [1.54, 1.807) is 41.5 Å². The van der Waals surface area contributed by atoms with E-state index in [1.807, 2.05) is 0 Å². The molecule has 21 heteroatoms. The number of sulfonamides is 2. The Morgan fingerprint density at radius 2 is 1.06 bits per heavy atom. The Kier molecular flexibility index (Phi) is 19.3. The normalized spacial score (nSPS) is 14.6. The first-order valence-corrected chi connectivity index (χ1v) is 23.7. The SMILES string of the molecule is CCCCP(CCCC)(CCCC)(CCOC(=O)NCCC[Si](OCC)(OCC)OCC)N(S(=O)(=O)C(F)(F)F)S(=O)(=O)C(F)(F)F. The summed E-state index contributed by atoms with van der Waals surface area (Å²) in [4.78, 5) is 12.6. The topological polar surface area (TPSA) is 138 Å². The summed E-state index contributed by atoms with van der Waals surface area (Å²) in [6.07, 6.45) is -2.66. The fourth-order valence-corrected chi connectivity index (χ4v) is 23.4. The van der Waals surface area contributed by atoms with Crippen LogP contribution in [0.25, 0.3) is 0 Å². The van der Waals surface area contributed by atoms with Crippen molar-refractivity contribution in [1.29, 1.82) is 0 Å². The number of alkyl carbamates (subject to hydrolysis) is 1. The van der Waals surface area contributed by atoms with Crippen LogP contribution in [0.1, 0.15) is 86.5 Å². The van der Waals surface area contributed by atoms with Crippen molar-refractivity contribution in [3.8, 4) is 0 Å². The van der Waals surface area contributed by atoms with Gasteiger partial charge in [0.2, 0.25) is 0 Å². The molecule has 0 aliphatic carbocycles. The quantitative estimate of drug-likeness (QED) is 0.0449. The van der Waals surface area contributed by atoms with Gasteiger partial charge in [0.05, 0.1) is 0 Å². The third kappa shape index (κ3) is 12.2. The predicted molar refractivity (Wildman–Crippen MR) is 172 cm³/mol. The Balaban J connectivity index is 6.76. The van der Waals surface area contributed by atoms with Crippen molar-refractivity contribution in [2.45, 2.75) is 104 Å². The van der Waals surface area contributed by atoms with Gasteiger partial charge in [0.1, 0.15) is 0 Å². The van der Waals surface area contributed by atoms with Crippen molar-refractivity contribution in [2.24, 2.45) is 0 Å². The zero-order valence-electron chi connectivity index (χ0n) is 28.2. The Morgan fingerprint density at radius 3 is 1.38 bits per heavy atom. The van der Waals surface area contributed by atoms with Crippen molar-refractivity contribution in [1.82, 2.24) is 8.80 Å². The zero-order valence-corrected chi connectivity index (χ0v) is 31.7. The molecule has 0 heterocycles. The standard InChI is InChI=1S/C26H53F6N2O9PS2Si/c1-7-13-19-44(20-14-8-2,21-15-9-3,34(45(36,37)25(27,28)29)46(38,39)26(30,31)32)22-18-40-24(35)33-17-16-23-47(41-10-4,42-11-5)43-12-6/h7-23H2,1-6H3,(H,33,35). The minimum absolute atomic E-state index is 0.0168. The summed E-state index contributed by atoms with van der Waals surface area (Å²) in [7, 11) is -17.2. The van der Waals surface area contributed by atoms with Gasteiger partial charge in [0, 0.05) is 0 Å². The van der Waals surface area contributed by atoms with E-state index in [9.17, 15) is 48.0 Å². The summed E-state index contributed by atoms with van der Waals surface area (Å²) < 4.78 is 159. The van der Waals surface area contributed by atoms with Crippen LogP contribution < -0.4 is 5.32 Å². The van der Waals surface area contributed by atoms with Gasteiger partial charge in [-0.15, -0.1) is 0 Å². The van der Waals surface area contributed by atoms with Gasteiger partial charge in [-0.1, -0.05) is 0 Å². The number of alkyl halides is 6. The average molecular weight is 775 g/mol. The molecule has 0 rings (SSSR count). The van der Waals surface area contributed by atoms with Crippen LogP contribution in [0.5, 0.6) is 0 Å². The third-order valence-corrected chi connectivity index (χ3v) is 24.7. The van der Waals surface area contributed by atoms with E-state index in [-0.39, 0.29) is 45.1 Å². The zero-order chi connectivity index (χ0) is 36.7. The number of carbonyl (C=O) groups excluding carboxylic acids is 1. The van der Waals surface area contributed by atoms with E-state index in [4.69, 9.17) is 18.0 Å². The number of hydrogen-bond donors (Lipinski definition) is 1. The number of carbonyl (C=O) groups is 1. The van der Waals surface area contributed by atoms with Crippen molar-refractivity contribution in [3.05, 3.63) is 0 Å². The summed E-state index contributed by atoms with van der Waals surface area (Å²) >= 11 is 0. The number of nitrogens with zero attached hydrogens (tertiary/aromatic N) is 1. The first-order valence-electron chi connectivity index (χ1n) is 15.9. The van der Waals surface area contributed by atoms with Crippen LogP contribution in [0.2, 0.25) is 6.04 Å². The molecule has 0 aromatic rings. The molecular formula is C26H53F6N2O9PS2Si. The van der Waals surface area contributed by atoms with Gasteiger partial charge in [-0.2, -0.15) is 0 Å². The van der Waals surface area contributed by atoms with Crippen LogP contribution in [0.3, 0.4) is 0 Å². The molecule has 1 amide bonds. The molecule has 284 valence electrons. The van der Waals surface area contributed by atoms with Crippen molar-refractivity contribution >= 4 is 41.7 Å². The third-order valence-electron chi connectivity index (χ3n) is 7.64. The first kappa shape index (κ1) is 46.2. The number of hydrogen-bond acceptors (Lipinski definition) is 9. The monoisotopic (exact) mass is 774 g/mol. The summed E-state index contributed by atoms with van der Waals surface area (Å²) in [5.41, 5.74) is -12.7. The molecule has 0 aromatic carbocycles. The van der Waals surface area contributed by atoms with Gasteiger partial charge in [-0.25, -0.2) is 0 Å². The Bertz CT molecular complexity index is 1080. The van der Waals surface area contributed by atoms with Crippen molar-refractivity contribution in [2.75, 3.05) is 57.6 Å². The van der Waals surface area contributed by atoms with E-state index >= 15 is 0 Å². The molecule has 1 N–H and O–H groups in total. The summed E-state index contributed by atoms with van der Waals surface area (Å²) in [6, 6.07) is 0.323. The molecule has 0 aromatic heterocycles. The second-order valence-electron chi connectivity index (χ2n) is 11.1. The summed E-state index contributed by atoms with van der Waals surface area (Å²) in [6.45, 7) is 4.93. The molecule has 0 saturated heterocycles. The summed E-state index contributed by atoms with van der Waals surface area (Å²) in [5.74, 6) is 0. The van der Waals surface area contributed by atoms with Crippen LogP contribution >= 0.6 is 6.75 Å². The van der Waals surface area contributed by atoms with E-state index in [2.05, 4.69) is 5.32 Å². The van der Waals surface area contributed by atoms with Crippen LogP contribution in [-0.4, -0.2) is 104 Å². The fourth-order valence-electron chi connectivity index (χ4n) is 5.52. The van der Waals surface area contributed by atoms with E-state index in [1.165, 1.54) is 0 Å². The molecule has 0 saturated carbocycles. The molecule has 47 heavy (non-hydrogen) atoms. The summed E-state index contributed by atoms with van der Waals surface area (Å²) in [5, 5.41) is 2.45. The van der Waals surface area contributed by atoms with E-state index < -0.39 is 87.5 Å². The van der Waals surface area contributed by atoms with Crippen LogP contribution in [0, 0.1) is 0 Å². The molecule has 0 spiro atoms. The van der Waals surface area contributed by atoms with Crippen LogP contribution in [-0.2, 0) is 38.1 Å². The number of ether oxygens (including phenoxy) is 1. The van der Waals surface area contributed by atoms with Crippen molar-refractivity contribution in [3.63, 3.8) is 0 Å². The number of halogens is 6. The molecule has 0 aliphatic rings. The van der Waals surface area contributed by atoms with Gasteiger partial charge >= 0.3 is 278 Å². The maximum atomic E-state index is 14.2. The van der Waals surface area contributed by atoms with Gasteiger partial charge in [0.25, 0.3) is 0 Å². The van der Waals surface area contributed by atoms with E-state index in [0.717, 1.165) is 0 Å². The molecule has 0 bridgehead atoms. The number of unbranched alkanes of at least 4 members (excludes halogenated alkanes) is 3. The van der Waals surface area contributed by atoms with Gasteiger partial charge in [-0.05, 0) is 0 Å². The molecule has 0 unspecified atom stereocenters. The average Bonchev–Trinajstić information content (AvgIpc) is 2.95. The molecule has 0 radical (unpaired) electrons. The van der Waals surface area contributed by atoms with Gasteiger partial charge in [0.15, 0.2) is 0 Å². The van der Waals surface area contributed by atoms with Crippen molar-refractivity contribution < 1.29 is 66.0 Å². The molecule has 0 aliphatic heterocycles. The second kappa shape index (κ2) is 19.6. The Hall–Kier alpha value is -0.763. The van der Waals surface area contributed by atoms with Crippen LogP contribution in [0.15, 0.2) is 0 Å². The Morgan fingerprint density at radius 1 is 0.681 bits per heavy atom. The number of nitrogens with one attached hydrogen (secondary N) is 1. The fraction of sp³-hybridized carbons (Fsp3) is 0.962. The minimum atomic E-state index is -7.09. The van der Waals surface area contributed by atoms with Gasteiger partial charge < -0.3 is 0 Å². The molecular weight excluding hydrogens is 721 g/mol. The first-order chi connectivity index (χ1) is 21.7.